The van der Waals surface area contributed by atoms with Crippen LogP contribution in [-0.4, -0.2) is 29.1 Å². The van der Waals surface area contributed by atoms with E-state index in [4.69, 9.17) is 20.8 Å². The molecule has 0 spiro atoms. The Labute approximate surface area is 219 Å². The Kier molecular flexibility index (Phi) is 9.58. The molecule has 3 rings (SSSR count). The topological polar surface area (TPSA) is 128 Å². The van der Waals surface area contributed by atoms with Crippen molar-refractivity contribution in [1.29, 1.82) is 0 Å². The molecular weight excluding hydrogens is 527 g/mol. The summed E-state index contributed by atoms with van der Waals surface area (Å²) in [4.78, 5) is 40.9. The lowest BCUT2D eigenvalue weighted by Gasteiger charge is -2.05. The lowest BCUT2D eigenvalue weighted by atomic mass is 10.0. The number of halogens is 2. The molecule has 0 bridgehead atoms. The van der Waals surface area contributed by atoms with E-state index in [1.807, 2.05) is 0 Å². The number of alkyl carbamates (subject to hydrolysis) is 1. The normalized spacial score (nSPS) is 11.5. The number of allylic oxidation sites excluding steroid dienone is 2. The zero-order chi connectivity index (χ0) is 26.9. The van der Waals surface area contributed by atoms with Crippen LogP contribution >= 0.6 is 22.9 Å². The second kappa shape index (κ2) is 12.8. The second-order valence-electron chi connectivity index (χ2n) is 7.55. The number of Topliss-reactive ketones (excluding diaryl/α,β-unsaturated/α-hetero) is 1. The maximum atomic E-state index is 13.3. The van der Waals surface area contributed by atoms with Crippen molar-refractivity contribution < 1.29 is 33.0 Å². The number of benzene rings is 1. The SMILES string of the molecule is COC(=O)N/C=C/CCCc1cc(O)c(C(=O)C(C)=Cc2cnc(Oc3ccc(F)c(Cl)c3)s2)c(=O)o1. The van der Waals surface area contributed by atoms with Gasteiger partial charge in [-0.05, 0) is 43.5 Å². The number of nitrogens with zero attached hydrogens (tertiary/aromatic N) is 1. The van der Waals surface area contributed by atoms with Gasteiger partial charge in [-0.1, -0.05) is 29.0 Å². The molecule has 0 atom stereocenters. The van der Waals surface area contributed by atoms with Crippen molar-refractivity contribution in [2.45, 2.75) is 26.2 Å². The van der Waals surface area contributed by atoms with Gasteiger partial charge in [-0.25, -0.2) is 19.0 Å². The Balaban J connectivity index is 1.64. The van der Waals surface area contributed by atoms with E-state index in [0.717, 1.165) is 11.3 Å². The molecule has 0 aliphatic carbocycles. The van der Waals surface area contributed by atoms with Crippen molar-refractivity contribution in [1.82, 2.24) is 10.3 Å². The third kappa shape index (κ3) is 7.76. The number of ether oxygens (including phenoxy) is 2. The number of hydrogen-bond acceptors (Lipinski definition) is 9. The highest BCUT2D eigenvalue weighted by Crippen LogP contribution is 2.30. The molecule has 0 saturated heterocycles. The number of aromatic nitrogens is 1. The van der Waals surface area contributed by atoms with Crippen molar-refractivity contribution in [3.63, 3.8) is 0 Å². The van der Waals surface area contributed by atoms with Crippen LogP contribution in [0.25, 0.3) is 6.08 Å². The van der Waals surface area contributed by atoms with Crippen LogP contribution in [0.3, 0.4) is 0 Å². The second-order valence-corrected chi connectivity index (χ2v) is 8.99. The molecule has 0 unspecified atom stereocenters. The molecule has 2 heterocycles. The maximum Gasteiger partial charge on any atom is 0.410 e. The summed E-state index contributed by atoms with van der Waals surface area (Å²) in [5.74, 6) is -1.24. The summed E-state index contributed by atoms with van der Waals surface area (Å²) in [6.45, 7) is 1.49. The summed E-state index contributed by atoms with van der Waals surface area (Å²) in [7, 11) is 1.25. The van der Waals surface area contributed by atoms with Gasteiger partial charge in [0.25, 0.3) is 5.19 Å². The summed E-state index contributed by atoms with van der Waals surface area (Å²) in [5.41, 5.74) is -1.25. The third-order valence-electron chi connectivity index (χ3n) is 4.82. The number of ketones is 1. The van der Waals surface area contributed by atoms with Gasteiger partial charge in [-0.2, -0.15) is 0 Å². The zero-order valence-corrected chi connectivity index (χ0v) is 21.3. The summed E-state index contributed by atoms with van der Waals surface area (Å²) in [5, 5.41) is 12.9. The molecule has 2 aromatic heterocycles. The first-order chi connectivity index (χ1) is 17.7. The molecule has 194 valence electrons. The number of unbranched alkanes of at least 4 members (excludes halogenated alkanes) is 1. The number of carbonyl (C=O) groups excluding carboxylic acids is 2. The van der Waals surface area contributed by atoms with Gasteiger partial charge in [0.15, 0.2) is 5.78 Å². The number of aryl methyl sites for hydroxylation is 1. The van der Waals surface area contributed by atoms with Crippen LogP contribution in [0.2, 0.25) is 5.02 Å². The minimum Gasteiger partial charge on any atom is -0.507 e. The smallest absolute Gasteiger partial charge is 0.410 e. The fourth-order valence-electron chi connectivity index (χ4n) is 3.03. The quantitative estimate of drug-likeness (QED) is 0.183. The molecule has 37 heavy (non-hydrogen) atoms. The van der Waals surface area contributed by atoms with Gasteiger partial charge >= 0.3 is 11.7 Å². The van der Waals surface area contributed by atoms with Gasteiger partial charge in [0, 0.05) is 31.0 Å². The van der Waals surface area contributed by atoms with E-state index in [0.29, 0.717) is 29.9 Å². The maximum absolute atomic E-state index is 13.3. The summed E-state index contributed by atoms with van der Waals surface area (Å²) in [6, 6.07) is 5.12. The molecule has 0 fully saturated rings. The Bertz CT molecular complexity index is 1410. The minimum atomic E-state index is -0.947. The number of thiazole rings is 1. The molecule has 1 amide bonds. The van der Waals surface area contributed by atoms with Crippen molar-refractivity contribution in [3.8, 4) is 16.7 Å². The molecule has 9 nitrogen and oxygen atoms in total. The van der Waals surface area contributed by atoms with Crippen molar-refractivity contribution in [3.05, 3.63) is 85.8 Å². The van der Waals surface area contributed by atoms with Gasteiger partial charge in [0.2, 0.25) is 0 Å². The van der Waals surface area contributed by atoms with Crippen LogP contribution < -0.4 is 15.7 Å². The molecule has 1 aromatic carbocycles. The van der Waals surface area contributed by atoms with Crippen molar-refractivity contribution >= 4 is 40.9 Å². The highest BCUT2D eigenvalue weighted by atomic mass is 35.5. The molecule has 3 aromatic rings. The van der Waals surface area contributed by atoms with Crippen LogP contribution in [0.4, 0.5) is 9.18 Å². The fraction of sp³-hybridized carbons (Fsp3) is 0.200. The lowest BCUT2D eigenvalue weighted by Crippen LogP contribution is -2.16. The van der Waals surface area contributed by atoms with Crippen molar-refractivity contribution in [2.24, 2.45) is 0 Å². The zero-order valence-electron chi connectivity index (χ0n) is 19.7. The van der Waals surface area contributed by atoms with Crippen molar-refractivity contribution in [2.75, 3.05) is 7.11 Å². The molecule has 12 heteroatoms. The van der Waals surface area contributed by atoms with Gasteiger partial charge < -0.3 is 19.0 Å². The largest absolute Gasteiger partial charge is 0.507 e. The van der Waals surface area contributed by atoms with E-state index in [2.05, 4.69) is 15.0 Å². The van der Waals surface area contributed by atoms with Crippen LogP contribution in [0.1, 0.15) is 40.8 Å². The average Bonchev–Trinajstić information content (AvgIpc) is 3.29. The lowest BCUT2D eigenvalue weighted by molar-refractivity contribution is 0.102. The predicted molar refractivity (Wildman–Crippen MR) is 136 cm³/mol. The van der Waals surface area contributed by atoms with E-state index < -0.39 is 34.6 Å². The first kappa shape index (κ1) is 27.6. The first-order valence-electron chi connectivity index (χ1n) is 10.8. The van der Waals surface area contributed by atoms with Gasteiger partial charge in [-0.3, -0.25) is 10.1 Å². The van der Waals surface area contributed by atoms with Crippen LogP contribution in [-0.2, 0) is 11.2 Å². The van der Waals surface area contributed by atoms with Crippen LogP contribution in [0.15, 0.2) is 57.5 Å². The number of amides is 1. The molecule has 0 radical (unpaired) electrons. The number of aromatic hydroxyl groups is 1. The number of carbonyl (C=O) groups is 2. The van der Waals surface area contributed by atoms with E-state index in [-0.39, 0.29) is 21.5 Å². The monoisotopic (exact) mass is 548 g/mol. The number of methoxy groups -OCH3 is 1. The summed E-state index contributed by atoms with van der Waals surface area (Å²) in [6.07, 6.45) is 6.96. The Morgan fingerprint density at radius 3 is 2.81 bits per heavy atom. The highest BCUT2D eigenvalue weighted by molar-refractivity contribution is 7.14. The molecule has 0 aliphatic rings. The van der Waals surface area contributed by atoms with E-state index in [1.54, 1.807) is 6.08 Å². The summed E-state index contributed by atoms with van der Waals surface area (Å²) < 4.78 is 28.5. The minimum absolute atomic E-state index is 0.0925. The molecule has 0 aliphatic heterocycles. The molecule has 2 N–H and O–H groups in total. The average molecular weight is 549 g/mol. The van der Waals surface area contributed by atoms with E-state index in [1.165, 1.54) is 56.8 Å². The van der Waals surface area contributed by atoms with Gasteiger partial charge in [-0.15, -0.1) is 0 Å². The number of nitrogens with one attached hydrogen (secondary N) is 1. The standard InChI is InChI=1S/C25H22ClFN2O7S/c1-14(10-17-13-29-25(37-17)36-16-7-8-19(27)18(26)11-16)22(31)21-20(30)12-15(35-23(21)32)6-4-3-5-9-28-24(33)34-2/h5,7-13,30H,3-4,6H2,1-2H3,(H,28,33)/b9-5+,14-10?. The molecular formula is C25H22ClFN2O7S. The third-order valence-corrected chi connectivity index (χ3v) is 5.93. The van der Waals surface area contributed by atoms with E-state index >= 15 is 0 Å². The highest BCUT2D eigenvalue weighted by Gasteiger charge is 2.21. The fourth-order valence-corrected chi connectivity index (χ4v) is 3.98. The Morgan fingerprint density at radius 2 is 2.11 bits per heavy atom. The predicted octanol–water partition coefficient (Wildman–Crippen LogP) is 5.87. The van der Waals surface area contributed by atoms with Gasteiger partial charge in [0.1, 0.15) is 28.6 Å². The summed E-state index contributed by atoms with van der Waals surface area (Å²) >= 11 is 6.86. The van der Waals surface area contributed by atoms with Crippen LogP contribution in [0.5, 0.6) is 16.7 Å². The van der Waals surface area contributed by atoms with Gasteiger partial charge in [0.05, 0.1) is 17.0 Å². The molecule has 0 saturated carbocycles. The first-order valence-corrected chi connectivity index (χ1v) is 12.0. The Hall–Kier alpha value is -3.96. The number of rotatable bonds is 10. The van der Waals surface area contributed by atoms with Crippen LogP contribution in [0, 0.1) is 5.82 Å². The van der Waals surface area contributed by atoms with E-state index in [9.17, 15) is 23.9 Å². The Morgan fingerprint density at radius 1 is 1.32 bits per heavy atom. The number of hydrogen-bond donors (Lipinski definition) is 2.